The van der Waals surface area contributed by atoms with Crippen LogP contribution < -0.4 is 4.72 Å². The van der Waals surface area contributed by atoms with Gasteiger partial charge in [0.05, 0.1) is 16.9 Å². The maximum absolute atomic E-state index is 12.6. The molecule has 0 unspecified atom stereocenters. The lowest BCUT2D eigenvalue weighted by Crippen LogP contribution is -2.45. The summed E-state index contributed by atoms with van der Waals surface area (Å²) in [5.74, 6) is -1.40. The Morgan fingerprint density at radius 2 is 1.69 bits per heavy atom. The second-order valence-electron chi connectivity index (χ2n) is 6.06. The van der Waals surface area contributed by atoms with Gasteiger partial charge in [0, 0.05) is 4.92 Å². The van der Waals surface area contributed by atoms with Crippen LogP contribution in [0.15, 0.2) is 59.5 Å². The van der Waals surface area contributed by atoms with Crippen molar-refractivity contribution >= 4 is 15.8 Å². The molecule has 0 aliphatic carbocycles. The molecule has 0 radical (unpaired) electrons. The lowest BCUT2D eigenvalue weighted by atomic mass is 9.90. The van der Waals surface area contributed by atoms with E-state index in [4.69, 9.17) is 0 Å². The summed E-state index contributed by atoms with van der Waals surface area (Å²) in [5, 5.41) is 11.1. The summed E-state index contributed by atoms with van der Waals surface area (Å²) in [5.41, 5.74) is 1.42. The minimum absolute atomic E-state index is 0.00210. The summed E-state index contributed by atoms with van der Waals surface area (Å²) in [7, 11) is -4.00. The first kappa shape index (κ1) is 19.7. The van der Waals surface area contributed by atoms with Gasteiger partial charge in [0.2, 0.25) is 16.6 Å². The van der Waals surface area contributed by atoms with Crippen LogP contribution in [0.4, 0.5) is 0 Å². The van der Waals surface area contributed by atoms with Gasteiger partial charge in [-0.1, -0.05) is 48.0 Å². The van der Waals surface area contributed by atoms with E-state index < -0.39 is 39.2 Å². The first-order valence-electron chi connectivity index (χ1n) is 7.97. The number of ketones is 1. The molecule has 2 rings (SSSR count). The Kier molecular flexibility index (Phi) is 6.23. The van der Waals surface area contributed by atoms with Crippen molar-refractivity contribution in [3.8, 4) is 0 Å². The van der Waals surface area contributed by atoms with E-state index in [0.29, 0.717) is 5.56 Å². The molecule has 8 heteroatoms. The summed E-state index contributed by atoms with van der Waals surface area (Å²) in [6.07, 6.45) is 0. The first-order chi connectivity index (χ1) is 12.2. The fourth-order valence-corrected chi connectivity index (χ4v) is 3.96. The molecule has 0 aliphatic rings. The lowest BCUT2D eigenvalue weighted by Gasteiger charge is -2.23. The molecule has 0 aliphatic heterocycles. The molecule has 2 atom stereocenters. The molecule has 2 aromatic carbocycles. The topological polar surface area (TPSA) is 106 Å². The second-order valence-corrected chi connectivity index (χ2v) is 7.77. The van der Waals surface area contributed by atoms with Gasteiger partial charge in [-0.2, -0.15) is 4.72 Å². The predicted molar refractivity (Wildman–Crippen MR) is 97.0 cm³/mol. The van der Waals surface area contributed by atoms with Crippen molar-refractivity contribution in [3.63, 3.8) is 0 Å². The number of hydrogen-bond donors (Lipinski definition) is 1. The van der Waals surface area contributed by atoms with Gasteiger partial charge in [0.15, 0.2) is 0 Å². The second kappa shape index (κ2) is 8.20. The van der Waals surface area contributed by atoms with Crippen molar-refractivity contribution in [2.45, 2.75) is 30.7 Å². The average molecular weight is 376 g/mol. The van der Waals surface area contributed by atoms with Crippen LogP contribution in [0.1, 0.15) is 24.0 Å². The highest BCUT2D eigenvalue weighted by atomic mass is 32.2. The summed E-state index contributed by atoms with van der Waals surface area (Å²) in [6, 6.07) is 13.3. The van der Waals surface area contributed by atoms with E-state index in [1.165, 1.54) is 19.1 Å². The van der Waals surface area contributed by atoms with Crippen LogP contribution in [-0.4, -0.2) is 31.7 Å². The highest BCUT2D eigenvalue weighted by Crippen LogP contribution is 2.23. The summed E-state index contributed by atoms with van der Waals surface area (Å²) >= 11 is 0. The largest absolute Gasteiger partial charge is 0.298 e. The Labute approximate surface area is 152 Å². The first-order valence-corrected chi connectivity index (χ1v) is 9.45. The van der Waals surface area contributed by atoms with Crippen LogP contribution in [0.3, 0.4) is 0 Å². The number of nitrogens with zero attached hydrogens (tertiary/aromatic N) is 1. The molecule has 7 nitrogen and oxygen atoms in total. The van der Waals surface area contributed by atoms with Gasteiger partial charge in [-0.3, -0.25) is 14.9 Å². The molecule has 0 amide bonds. The number of hydrogen-bond acceptors (Lipinski definition) is 5. The fourth-order valence-electron chi connectivity index (χ4n) is 2.67. The molecular weight excluding hydrogens is 356 g/mol. The Hall–Kier alpha value is -2.58. The third kappa shape index (κ3) is 4.96. The zero-order chi connectivity index (χ0) is 19.3. The highest BCUT2D eigenvalue weighted by molar-refractivity contribution is 7.89. The minimum atomic E-state index is -4.00. The van der Waals surface area contributed by atoms with Crippen LogP contribution in [0.5, 0.6) is 0 Å². The summed E-state index contributed by atoms with van der Waals surface area (Å²) < 4.78 is 27.6. The standard InChI is InChI=1S/C18H20N2O5S/c1-13-8-10-16(11-9-13)26(24,25)19-18(14(2)21)17(12-20(22)23)15-6-4-3-5-7-15/h3-11,17-19H,12H2,1-2H3/t17-,18+/m0/s1. The molecule has 1 N–H and O–H groups in total. The van der Waals surface area contributed by atoms with E-state index in [-0.39, 0.29) is 4.90 Å². The number of sulfonamides is 1. The zero-order valence-electron chi connectivity index (χ0n) is 14.5. The van der Waals surface area contributed by atoms with E-state index in [1.807, 2.05) is 6.92 Å². The Morgan fingerprint density at radius 3 is 2.19 bits per heavy atom. The van der Waals surface area contributed by atoms with Gasteiger partial charge in [0.1, 0.15) is 5.78 Å². The number of carbonyl (C=O) groups excluding carboxylic acids is 1. The van der Waals surface area contributed by atoms with Crippen LogP contribution in [0.25, 0.3) is 0 Å². The predicted octanol–water partition coefficient (Wildman–Crippen LogP) is 2.29. The van der Waals surface area contributed by atoms with Crippen molar-refractivity contribution in [2.24, 2.45) is 0 Å². The smallest absolute Gasteiger partial charge is 0.241 e. The van der Waals surface area contributed by atoms with Crippen molar-refractivity contribution < 1.29 is 18.1 Å². The van der Waals surface area contributed by atoms with Crippen LogP contribution >= 0.6 is 0 Å². The molecule has 0 spiro atoms. The van der Waals surface area contributed by atoms with Gasteiger partial charge in [0.25, 0.3) is 0 Å². The van der Waals surface area contributed by atoms with Gasteiger partial charge in [-0.05, 0) is 31.5 Å². The van der Waals surface area contributed by atoms with E-state index in [1.54, 1.807) is 42.5 Å². The number of nitrogens with one attached hydrogen (secondary N) is 1. The van der Waals surface area contributed by atoms with Crippen LogP contribution in [0.2, 0.25) is 0 Å². The minimum Gasteiger partial charge on any atom is -0.298 e. The monoisotopic (exact) mass is 376 g/mol. The number of aryl methyl sites for hydroxylation is 1. The molecule has 0 saturated heterocycles. The lowest BCUT2D eigenvalue weighted by molar-refractivity contribution is -0.483. The number of rotatable bonds is 8. The van der Waals surface area contributed by atoms with Gasteiger partial charge < -0.3 is 0 Å². The number of nitro groups is 1. The van der Waals surface area contributed by atoms with E-state index >= 15 is 0 Å². The van der Waals surface area contributed by atoms with Crippen molar-refractivity contribution in [3.05, 3.63) is 75.8 Å². The highest BCUT2D eigenvalue weighted by Gasteiger charge is 2.34. The molecule has 2 aromatic rings. The molecule has 138 valence electrons. The Balaban J connectivity index is 2.40. The number of Topliss-reactive ketones (excluding diaryl/α,β-unsaturated/α-hetero) is 1. The maximum Gasteiger partial charge on any atom is 0.241 e. The fraction of sp³-hybridized carbons (Fsp3) is 0.278. The normalized spacial score (nSPS) is 13.8. The molecule has 0 bridgehead atoms. The third-order valence-corrected chi connectivity index (χ3v) is 5.48. The molecule has 0 fully saturated rings. The van der Waals surface area contributed by atoms with Crippen LogP contribution in [0, 0.1) is 17.0 Å². The SMILES string of the molecule is CC(=O)[C@@H](NS(=O)(=O)c1ccc(C)cc1)[C@@H](C[N+](=O)[O-])c1ccccc1. The Morgan fingerprint density at radius 1 is 1.12 bits per heavy atom. The van der Waals surface area contributed by atoms with Crippen molar-refractivity contribution in [1.29, 1.82) is 0 Å². The third-order valence-electron chi connectivity index (χ3n) is 4.03. The molecule has 0 heterocycles. The van der Waals surface area contributed by atoms with E-state index in [0.717, 1.165) is 5.56 Å². The van der Waals surface area contributed by atoms with Gasteiger partial charge in [-0.15, -0.1) is 0 Å². The number of benzene rings is 2. The molecule has 26 heavy (non-hydrogen) atoms. The molecular formula is C18H20N2O5S. The maximum atomic E-state index is 12.6. The van der Waals surface area contributed by atoms with Gasteiger partial charge in [-0.25, -0.2) is 8.42 Å². The van der Waals surface area contributed by atoms with E-state index in [9.17, 15) is 23.3 Å². The molecule has 0 aromatic heterocycles. The zero-order valence-corrected chi connectivity index (χ0v) is 15.3. The van der Waals surface area contributed by atoms with Gasteiger partial charge >= 0.3 is 0 Å². The molecule has 0 saturated carbocycles. The number of carbonyl (C=O) groups is 1. The summed E-state index contributed by atoms with van der Waals surface area (Å²) in [6.45, 7) is 2.48. The van der Waals surface area contributed by atoms with E-state index in [2.05, 4.69) is 4.72 Å². The average Bonchev–Trinajstić information content (AvgIpc) is 2.58. The van der Waals surface area contributed by atoms with Crippen LogP contribution in [-0.2, 0) is 14.8 Å². The Bertz CT molecular complexity index is 880. The summed E-state index contributed by atoms with van der Waals surface area (Å²) in [4.78, 5) is 22.7. The van der Waals surface area contributed by atoms with Crippen molar-refractivity contribution in [2.75, 3.05) is 6.54 Å². The van der Waals surface area contributed by atoms with Crippen molar-refractivity contribution in [1.82, 2.24) is 4.72 Å². The quantitative estimate of drug-likeness (QED) is 0.562.